The second-order valence-electron chi connectivity index (χ2n) is 4.70. The molecule has 0 radical (unpaired) electrons. The number of benzene rings is 1. The number of urea groups is 1. The van der Waals surface area contributed by atoms with Crippen molar-refractivity contribution in [2.45, 2.75) is 19.4 Å². The number of likely N-dealkylation sites (N-methyl/N-ethyl adjacent to an activating group) is 1. The molecule has 1 aromatic rings. The number of nitrogens with one attached hydrogen (secondary N) is 1. The van der Waals surface area contributed by atoms with Gasteiger partial charge in [0, 0.05) is 18.8 Å². The fourth-order valence-electron chi connectivity index (χ4n) is 1.34. The lowest BCUT2D eigenvalue weighted by Gasteiger charge is -2.31. The number of hydrogen-bond donors (Lipinski definition) is 2. The second kappa shape index (κ2) is 5.77. The third-order valence-corrected chi connectivity index (χ3v) is 3.07. The Hall–Kier alpha value is -2.31. The molecular formula is C13H17FN2O4. The Morgan fingerprint density at radius 1 is 1.40 bits per heavy atom. The molecule has 0 atom stereocenters. The lowest BCUT2D eigenvalue weighted by Crippen LogP contribution is -2.52. The lowest BCUT2D eigenvalue weighted by molar-refractivity contribution is -0.146. The summed E-state index contributed by atoms with van der Waals surface area (Å²) in [6, 6.07) is 3.20. The Morgan fingerprint density at radius 2 is 2.00 bits per heavy atom. The van der Waals surface area contributed by atoms with Crippen molar-refractivity contribution in [1.82, 2.24) is 4.90 Å². The summed E-state index contributed by atoms with van der Waals surface area (Å²) in [4.78, 5) is 24.1. The van der Waals surface area contributed by atoms with Crippen LogP contribution in [0, 0.1) is 5.82 Å². The van der Waals surface area contributed by atoms with E-state index in [1.54, 1.807) is 0 Å². The maximum absolute atomic E-state index is 13.2. The molecule has 0 bridgehead atoms. The van der Waals surface area contributed by atoms with Gasteiger partial charge in [-0.25, -0.2) is 14.0 Å². The molecule has 7 heteroatoms. The summed E-state index contributed by atoms with van der Waals surface area (Å²) >= 11 is 0. The average molecular weight is 284 g/mol. The van der Waals surface area contributed by atoms with E-state index in [9.17, 15) is 14.0 Å². The minimum atomic E-state index is -1.37. The fraction of sp³-hybridized carbons (Fsp3) is 0.385. The SMILES string of the molecule is COc1cc(NC(=O)N(C)C(C)(C)C(=O)O)ccc1F. The molecule has 0 heterocycles. The molecule has 2 N–H and O–H groups in total. The molecule has 20 heavy (non-hydrogen) atoms. The summed E-state index contributed by atoms with van der Waals surface area (Å²) in [6.45, 7) is 2.81. The maximum atomic E-state index is 13.2. The number of carbonyl (C=O) groups excluding carboxylic acids is 1. The van der Waals surface area contributed by atoms with Crippen LogP contribution in [-0.4, -0.2) is 41.7 Å². The van der Waals surface area contributed by atoms with E-state index < -0.39 is 23.4 Å². The van der Waals surface area contributed by atoms with E-state index in [1.807, 2.05) is 0 Å². The summed E-state index contributed by atoms with van der Waals surface area (Å²) in [5.74, 6) is -1.69. The number of rotatable bonds is 4. The molecule has 6 nitrogen and oxygen atoms in total. The zero-order valence-electron chi connectivity index (χ0n) is 11.7. The molecule has 0 unspecified atom stereocenters. The second-order valence-corrected chi connectivity index (χ2v) is 4.70. The van der Waals surface area contributed by atoms with Gasteiger partial charge in [-0.1, -0.05) is 0 Å². The van der Waals surface area contributed by atoms with Crippen LogP contribution >= 0.6 is 0 Å². The predicted molar refractivity (Wildman–Crippen MR) is 71.4 cm³/mol. The van der Waals surface area contributed by atoms with Crippen LogP contribution in [0.2, 0.25) is 0 Å². The van der Waals surface area contributed by atoms with Crippen LogP contribution in [0.3, 0.4) is 0 Å². The van der Waals surface area contributed by atoms with Gasteiger partial charge in [-0.15, -0.1) is 0 Å². The van der Waals surface area contributed by atoms with Gasteiger partial charge in [-0.3, -0.25) is 0 Å². The first kappa shape index (κ1) is 15.7. The minimum Gasteiger partial charge on any atom is -0.494 e. The molecule has 0 aliphatic rings. The molecule has 1 rings (SSSR count). The smallest absolute Gasteiger partial charge is 0.329 e. The molecule has 2 amide bonds. The van der Waals surface area contributed by atoms with E-state index >= 15 is 0 Å². The zero-order chi connectivity index (χ0) is 15.5. The van der Waals surface area contributed by atoms with Gasteiger partial charge < -0.3 is 20.1 Å². The number of anilines is 1. The molecule has 0 saturated heterocycles. The van der Waals surface area contributed by atoms with E-state index in [-0.39, 0.29) is 5.75 Å². The summed E-state index contributed by atoms with van der Waals surface area (Å²) in [5.41, 5.74) is -1.06. The number of carboxylic acids is 1. The standard InChI is InChI=1S/C13H17FN2O4/c1-13(2,11(17)18)16(3)12(19)15-8-5-6-9(14)10(7-8)20-4/h5-7H,1-4H3,(H,15,19)(H,17,18). The van der Waals surface area contributed by atoms with Crippen molar-refractivity contribution in [3.8, 4) is 5.75 Å². The van der Waals surface area contributed by atoms with Gasteiger partial charge in [0.1, 0.15) is 5.54 Å². The number of halogens is 1. The molecule has 0 aliphatic heterocycles. The number of carboxylic acid groups (broad SMARTS) is 1. The van der Waals surface area contributed by atoms with Gasteiger partial charge >= 0.3 is 12.0 Å². The van der Waals surface area contributed by atoms with Crippen LogP contribution in [0.5, 0.6) is 5.75 Å². The molecule has 1 aromatic carbocycles. The Kier molecular flexibility index (Phi) is 4.54. The fourth-order valence-corrected chi connectivity index (χ4v) is 1.34. The zero-order valence-corrected chi connectivity index (χ0v) is 11.7. The predicted octanol–water partition coefficient (Wildman–Crippen LogP) is 2.16. The number of ether oxygens (including phenoxy) is 1. The first-order chi connectivity index (χ1) is 9.20. The third kappa shape index (κ3) is 3.17. The average Bonchev–Trinajstić information content (AvgIpc) is 2.39. The van der Waals surface area contributed by atoms with E-state index in [1.165, 1.54) is 40.1 Å². The molecule has 0 spiro atoms. The largest absolute Gasteiger partial charge is 0.494 e. The van der Waals surface area contributed by atoms with Crippen molar-refractivity contribution in [1.29, 1.82) is 0 Å². The first-order valence-corrected chi connectivity index (χ1v) is 5.82. The van der Waals surface area contributed by atoms with E-state index in [4.69, 9.17) is 9.84 Å². The van der Waals surface area contributed by atoms with Gasteiger partial charge in [-0.05, 0) is 26.0 Å². The lowest BCUT2D eigenvalue weighted by atomic mass is 10.1. The van der Waals surface area contributed by atoms with Crippen molar-refractivity contribution < 1.29 is 23.8 Å². The van der Waals surface area contributed by atoms with Crippen molar-refractivity contribution in [3.05, 3.63) is 24.0 Å². The molecule has 0 aliphatic carbocycles. The van der Waals surface area contributed by atoms with Crippen LogP contribution in [0.4, 0.5) is 14.9 Å². The van der Waals surface area contributed by atoms with Crippen molar-refractivity contribution in [2.75, 3.05) is 19.5 Å². The number of nitrogens with zero attached hydrogens (tertiary/aromatic N) is 1. The normalized spacial score (nSPS) is 10.8. The highest BCUT2D eigenvalue weighted by Gasteiger charge is 2.35. The quantitative estimate of drug-likeness (QED) is 0.888. The molecule has 0 aromatic heterocycles. The highest BCUT2D eigenvalue weighted by Crippen LogP contribution is 2.22. The van der Waals surface area contributed by atoms with Crippen molar-refractivity contribution in [2.24, 2.45) is 0 Å². The Morgan fingerprint density at radius 3 is 2.50 bits per heavy atom. The summed E-state index contributed by atoms with van der Waals surface area (Å²) in [5, 5.41) is 11.5. The molecule has 0 fully saturated rings. The van der Waals surface area contributed by atoms with Gasteiger partial charge in [-0.2, -0.15) is 0 Å². The number of methoxy groups -OCH3 is 1. The number of carbonyl (C=O) groups is 2. The monoisotopic (exact) mass is 284 g/mol. The summed E-state index contributed by atoms with van der Waals surface area (Å²) in [7, 11) is 2.67. The number of aliphatic carboxylic acids is 1. The molecule has 110 valence electrons. The maximum Gasteiger partial charge on any atom is 0.329 e. The van der Waals surface area contributed by atoms with Gasteiger partial charge in [0.15, 0.2) is 11.6 Å². The molecular weight excluding hydrogens is 267 g/mol. The van der Waals surface area contributed by atoms with Crippen LogP contribution in [0.1, 0.15) is 13.8 Å². The van der Waals surface area contributed by atoms with E-state index in [0.29, 0.717) is 5.69 Å². The third-order valence-electron chi connectivity index (χ3n) is 3.07. The first-order valence-electron chi connectivity index (χ1n) is 5.82. The van der Waals surface area contributed by atoms with Crippen LogP contribution in [0.15, 0.2) is 18.2 Å². The highest BCUT2D eigenvalue weighted by molar-refractivity contribution is 5.93. The van der Waals surface area contributed by atoms with Crippen LogP contribution in [-0.2, 0) is 4.79 Å². The van der Waals surface area contributed by atoms with Gasteiger partial charge in [0.2, 0.25) is 0 Å². The van der Waals surface area contributed by atoms with Crippen LogP contribution in [0.25, 0.3) is 0 Å². The van der Waals surface area contributed by atoms with Gasteiger partial charge in [0.05, 0.1) is 7.11 Å². The minimum absolute atomic E-state index is 0.0112. The van der Waals surface area contributed by atoms with Crippen LogP contribution < -0.4 is 10.1 Å². The Labute approximate surface area is 116 Å². The summed E-state index contributed by atoms with van der Waals surface area (Å²) in [6.07, 6.45) is 0. The van der Waals surface area contributed by atoms with Crippen molar-refractivity contribution >= 4 is 17.7 Å². The summed E-state index contributed by atoms with van der Waals surface area (Å²) < 4.78 is 18.0. The van der Waals surface area contributed by atoms with Crippen molar-refractivity contribution in [3.63, 3.8) is 0 Å². The number of hydrogen-bond acceptors (Lipinski definition) is 3. The highest BCUT2D eigenvalue weighted by atomic mass is 19.1. The molecule has 0 saturated carbocycles. The van der Waals surface area contributed by atoms with E-state index in [2.05, 4.69) is 5.32 Å². The van der Waals surface area contributed by atoms with E-state index in [0.717, 1.165) is 11.0 Å². The Bertz CT molecular complexity index is 531. The topological polar surface area (TPSA) is 78.9 Å². The Balaban J connectivity index is 2.88. The number of amides is 2. The van der Waals surface area contributed by atoms with Gasteiger partial charge in [0.25, 0.3) is 0 Å².